The van der Waals surface area contributed by atoms with Crippen LogP contribution >= 0.6 is 0 Å². The maximum atomic E-state index is 13.2. The van der Waals surface area contributed by atoms with E-state index in [4.69, 9.17) is 0 Å². The fourth-order valence-corrected chi connectivity index (χ4v) is 3.84. The normalized spacial score (nSPS) is 11.2. The molecule has 0 saturated carbocycles. The first-order valence-corrected chi connectivity index (χ1v) is 9.19. The van der Waals surface area contributed by atoms with Crippen molar-refractivity contribution in [2.24, 2.45) is 0 Å². The van der Waals surface area contributed by atoms with Crippen LogP contribution in [0.25, 0.3) is 21.8 Å². The van der Waals surface area contributed by atoms with Crippen LogP contribution in [0.1, 0.15) is 34.0 Å². The van der Waals surface area contributed by atoms with Crippen LogP contribution in [0.3, 0.4) is 0 Å². The van der Waals surface area contributed by atoms with E-state index in [9.17, 15) is 9.59 Å². The van der Waals surface area contributed by atoms with Gasteiger partial charge in [-0.2, -0.15) is 0 Å². The van der Waals surface area contributed by atoms with E-state index >= 15 is 0 Å². The fourth-order valence-electron chi connectivity index (χ4n) is 3.84. The molecule has 4 aromatic rings. The van der Waals surface area contributed by atoms with Gasteiger partial charge in [-0.3, -0.25) is 9.59 Å². The van der Waals surface area contributed by atoms with E-state index in [0.717, 1.165) is 28.7 Å². The lowest BCUT2D eigenvalue weighted by molar-refractivity contribution is 0.103. The largest absolute Gasteiger partial charge is 0.341 e. The Morgan fingerprint density at radius 2 is 1.52 bits per heavy atom. The number of carbonyl (C=O) groups is 1. The maximum Gasteiger partial charge on any atom is 0.197 e. The highest BCUT2D eigenvalue weighted by Crippen LogP contribution is 2.25. The number of aryl methyl sites for hydroxylation is 3. The Labute approximate surface area is 157 Å². The number of hydrogen-bond donors (Lipinski definition) is 0. The molecule has 4 rings (SSSR count). The molecular formula is C24H21NO2. The van der Waals surface area contributed by atoms with Gasteiger partial charge in [0.25, 0.3) is 0 Å². The zero-order valence-corrected chi connectivity index (χ0v) is 15.7. The zero-order chi connectivity index (χ0) is 19.1. The highest BCUT2D eigenvalue weighted by molar-refractivity contribution is 6.12. The number of nitrogens with zero attached hydrogens (tertiary/aromatic N) is 1. The molecule has 3 nitrogen and oxygen atoms in total. The molecule has 1 heterocycles. The lowest BCUT2D eigenvalue weighted by Gasteiger charge is -2.16. The van der Waals surface area contributed by atoms with Gasteiger partial charge in [-0.1, -0.05) is 36.4 Å². The summed E-state index contributed by atoms with van der Waals surface area (Å²) in [7, 11) is 0. The highest BCUT2D eigenvalue weighted by Gasteiger charge is 2.17. The van der Waals surface area contributed by atoms with Gasteiger partial charge in [-0.15, -0.1) is 0 Å². The minimum absolute atomic E-state index is 0.00393. The van der Waals surface area contributed by atoms with Gasteiger partial charge in [0.15, 0.2) is 11.2 Å². The summed E-state index contributed by atoms with van der Waals surface area (Å²) in [6, 6.07) is 19.0. The van der Waals surface area contributed by atoms with Crippen molar-refractivity contribution in [2.45, 2.75) is 27.3 Å². The third-order valence-electron chi connectivity index (χ3n) is 5.27. The number of benzene rings is 3. The van der Waals surface area contributed by atoms with Gasteiger partial charge in [-0.05, 0) is 56.2 Å². The first-order valence-electron chi connectivity index (χ1n) is 9.19. The molecular weight excluding hydrogens is 334 g/mol. The summed E-state index contributed by atoms with van der Waals surface area (Å²) in [5, 5.41) is 1.37. The predicted molar refractivity (Wildman–Crippen MR) is 111 cm³/mol. The Morgan fingerprint density at radius 1 is 0.815 bits per heavy atom. The topological polar surface area (TPSA) is 39.1 Å². The van der Waals surface area contributed by atoms with E-state index in [-0.39, 0.29) is 11.2 Å². The minimum Gasteiger partial charge on any atom is -0.341 e. The van der Waals surface area contributed by atoms with Crippen LogP contribution in [0.15, 0.2) is 65.5 Å². The van der Waals surface area contributed by atoms with Gasteiger partial charge in [0, 0.05) is 28.4 Å². The summed E-state index contributed by atoms with van der Waals surface area (Å²) in [5.41, 5.74) is 4.85. The molecule has 3 aromatic carbocycles. The first-order chi connectivity index (χ1) is 13.0. The number of hydrogen-bond acceptors (Lipinski definition) is 2. The molecule has 27 heavy (non-hydrogen) atoms. The molecule has 0 radical (unpaired) electrons. The number of carbonyl (C=O) groups excluding carboxylic acids is 1. The van der Waals surface area contributed by atoms with Gasteiger partial charge >= 0.3 is 0 Å². The maximum absolute atomic E-state index is 13.2. The average Bonchev–Trinajstić information content (AvgIpc) is 2.68. The van der Waals surface area contributed by atoms with E-state index in [0.29, 0.717) is 21.9 Å². The van der Waals surface area contributed by atoms with E-state index in [1.54, 1.807) is 0 Å². The first kappa shape index (κ1) is 17.2. The molecule has 1 aromatic heterocycles. The number of pyridine rings is 1. The summed E-state index contributed by atoms with van der Waals surface area (Å²) < 4.78 is 2.11. The van der Waals surface area contributed by atoms with E-state index in [2.05, 4.69) is 11.5 Å². The molecule has 0 bridgehead atoms. The van der Waals surface area contributed by atoms with Crippen LogP contribution in [0.2, 0.25) is 0 Å². The SMILES string of the molecule is CCn1c2ccccc2c(=O)c2cc(C)c(C(=O)c3ccccc3C)cc21. The summed E-state index contributed by atoms with van der Waals surface area (Å²) >= 11 is 0. The quantitative estimate of drug-likeness (QED) is 0.382. The van der Waals surface area contributed by atoms with Crippen molar-refractivity contribution in [2.75, 3.05) is 0 Å². The predicted octanol–water partition coefficient (Wildman–Crippen LogP) is 5.02. The Balaban J connectivity index is 2.07. The summed E-state index contributed by atoms with van der Waals surface area (Å²) in [6.45, 7) is 6.62. The number of aromatic nitrogens is 1. The van der Waals surface area contributed by atoms with Crippen LogP contribution in [0.4, 0.5) is 0 Å². The van der Waals surface area contributed by atoms with Crippen LogP contribution in [-0.4, -0.2) is 10.4 Å². The summed E-state index contributed by atoms with van der Waals surface area (Å²) in [4.78, 5) is 26.2. The summed E-state index contributed by atoms with van der Waals surface area (Å²) in [6.07, 6.45) is 0. The van der Waals surface area contributed by atoms with Gasteiger partial charge < -0.3 is 4.57 Å². The van der Waals surface area contributed by atoms with Crippen molar-refractivity contribution < 1.29 is 4.79 Å². The molecule has 3 heteroatoms. The molecule has 0 aliphatic rings. The third-order valence-corrected chi connectivity index (χ3v) is 5.27. The Hall–Kier alpha value is -3.20. The van der Waals surface area contributed by atoms with Crippen LogP contribution < -0.4 is 5.43 Å². The molecule has 0 N–H and O–H groups in total. The van der Waals surface area contributed by atoms with Gasteiger partial charge in [0.1, 0.15) is 0 Å². The van der Waals surface area contributed by atoms with Crippen LogP contribution in [0.5, 0.6) is 0 Å². The van der Waals surface area contributed by atoms with Crippen molar-refractivity contribution >= 4 is 27.6 Å². The molecule has 0 unspecified atom stereocenters. The Morgan fingerprint density at radius 3 is 2.26 bits per heavy atom. The zero-order valence-electron chi connectivity index (χ0n) is 15.7. The number of ketones is 1. The molecule has 0 spiro atoms. The number of para-hydroxylation sites is 1. The lowest BCUT2D eigenvalue weighted by Crippen LogP contribution is -2.13. The van der Waals surface area contributed by atoms with Crippen molar-refractivity contribution in [1.82, 2.24) is 4.57 Å². The molecule has 0 aliphatic carbocycles. The van der Waals surface area contributed by atoms with Crippen molar-refractivity contribution in [3.63, 3.8) is 0 Å². The Kier molecular flexibility index (Phi) is 4.15. The van der Waals surface area contributed by atoms with E-state index in [1.165, 1.54) is 0 Å². The molecule has 0 atom stereocenters. The smallest absolute Gasteiger partial charge is 0.197 e. The second-order valence-corrected chi connectivity index (χ2v) is 6.92. The number of fused-ring (bicyclic) bond motifs is 2. The minimum atomic E-state index is -0.00393. The number of rotatable bonds is 3. The van der Waals surface area contributed by atoms with Gasteiger partial charge in [0.05, 0.1) is 11.0 Å². The molecule has 0 amide bonds. The lowest BCUT2D eigenvalue weighted by atomic mass is 9.94. The van der Waals surface area contributed by atoms with Crippen molar-refractivity contribution in [3.8, 4) is 0 Å². The monoisotopic (exact) mass is 355 g/mol. The molecule has 0 aliphatic heterocycles. The van der Waals surface area contributed by atoms with Gasteiger partial charge in [0.2, 0.25) is 0 Å². The van der Waals surface area contributed by atoms with Crippen molar-refractivity contribution in [3.05, 3.63) is 93.1 Å². The second kappa shape index (κ2) is 6.51. The summed E-state index contributed by atoms with van der Waals surface area (Å²) in [5.74, 6) is -0.00393. The van der Waals surface area contributed by atoms with Gasteiger partial charge in [-0.25, -0.2) is 0 Å². The average molecular weight is 355 g/mol. The highest BCUT2D eigenvalue weighted by atomic mass is 16.1. The molecule has 0 fully saturated rings. The van der Waals surface area contributed by atoms with Crippen LogP contribution in [-0.2, 0) is 6.54 Å². The molecule has 134 valence electrons. The second-order valence-electron chi connectivity index (χ2n) is 6.92. The van der Waals surface area contributed by atoms with Crippen molar-refractivity contribution in [1.29, 1.82) is 0 Å². The van der Waals surface area contributed by atoms with Crippen LogP contribution in [0, 0.1) is 13.8 Å². The Bertz CT molecular complexity index is 1260. The van der Waals surface area contributed by atoms with E-state index < -0.39 is 0 Å². The molecule has 0 saturated heterocycles. The van der Waals surface area contributed by atoms with E-state index in [1.807, 2.05) is 74.5 Å². The third kappa shape index (κ3) is 2.67. The fraction of sp³-hybridized carbons (Fsp3) is 0.167. The standard InChI is InChI=1S/C24H21NO2/c1-4-25-21-12-8-7-11-18(21)24(27)20-13-16(3)19(14-22(20)25)23(26)17-10-6-5-9-15(17)2/h5-14H,4H2,1-3H3.